The second kappa shape index (κ2) is 5.48. The zero-order chi connectivity index (χ0) is 11.2. The van der Waals surface area contributed by atoms with Crippen LogP contribution in [-0.4, -0.2) is 30.3 Å². The molecule has 0 heterocycles. The summed E-state index contributed by atoms with van der Waals surface area (Å²) in [6.45, 7) is 3.12. The summed E-state index contributed by atoms with van der Waals surface area (Å²) in [5.41, 5.74) is 4.90. The van der Waals surface area contributed by atoms with Crippen molar-refractivity contribution < 1.29 is 18.4 Å². The Balaban J connectivity index is 4.34. The highest BCUT2D eigenvalue weighted by molar-refractivity contribution is 5.83. The van der Waals surface area contributed by atoms with Crippen molar-refractivity contribution in [3.63, 3.8) is 0 Å². The fraction of sp³-hybridized carbons (Fsp3) is 0.571. The van der Waals surface area contributed by atoms with Crippen LogP contribution in [0.15, 0.2) is 17.8 Å². The maximum atomic E-state index is 12.2. The first kappa shape index (κ1) is 12.8. The topological polar surface area (TPSA) is 70.6 Å². The Hall–Kier alpha value is -1.24. The van der Waals surface area contributed by atoms with Gasteiger partial charge < -0.3 is 16.3 Å². The molecule has 82 valence electrons. The summed E-state index contributed by atoms with van der Waals surface area (Å²) in [5, 5.41) is 12.9. The summed E-state index contributed by atoms with van der Waals surface area (Å²) < 4.78 is 36.7. The molecule has 0 aromatic rings. The molecular weight excluding hydrogens is 199 g/mol. The Morgan fingerprint density at radius 3 is 2.57 bits per heavy atom. The van der Waals surface area contributed by atoms with Crippen molar-refractivity contribution in [1.29, 1.82) is 0 Å². The first-order chi connectivity index (χ1) is 6.43. The molecule has 14 heavy (non-hydrogen) atoms. The van der Waals surface area contributed by atoms with Gasteiger partial charge in [-0.15, -0.1) is 6.58 Å². The lowest BCUT2D eigenvalue weighted by atomic mass is 10.1. The molecule has 0 radical (unpaired) electrons. The van der Waals surface area contributed by atoms with Crippen molar-refractivity contribution in [1.82, 2.24) is 5.32 Å². The molecule has 0 saturated carbocycles. The summed E-state index contributed by atoms with van der Waals surface area (Å²) in [4.78, 5) is 0. The molecule has 1 unspecified atom stereocenters. The van der Waals surface area contributed by atoms with Crippen LogP contribution in [0.3, 0.4) is 0 Å². The third-order valence-corrected chi connectivity index (χ3v) is 1.50. The van der Waals surface area contributed by atoms with Crippen molar-refractivity contribution in [3.05, 3.63) is 12.7 Å². The van der Waals surface area contributed by atoms with Gasteiger partial charge in [-0.3, -0.25) is 0 Å². The van der Waals surface area contributed by atoms with Crippen LogP contribution < -0.4 is 11.1 Å². The van der Waals surface area contributed by atoms with E-state index in [2.05, 4.69) is 17.1 Å². The van der Waals surface area contributed by atoms with Crippen molar-refractivity contribution in [2.45, 2.75) is 6.18 Å². The van der Waals surface area contributed by atoms with Gasteiger partial charge in [0.15, 0.2) is 5.84 Å². The number of amidine groups is 1. The molecule has 0 saturated heterocycles. The van der Waals surface area contributed by atoms with E-state index in [9.17, 15) is 13.2 Å². The van der Waals surface area contributed by atoms with Crippen LogP contribution in [0.2, 0.25) is 0 Å². The minimum absolute atomic E-state index is 0.227. The second-order valence-electron chi connectivity index (χ2n) is 2.57. The molecule has 1 atom stereocenters. The van der Waals surface area contributed by atoms with E-state index < -0.39 is 24.5 Å². The van der Waals surface area contributed by atoms with Crippen molar-refractivity contribution in [2.75, 3.05) is 13.1 Å². The summed E-state index contributed by atoms with van der Waals surface area (Å²) in [7, 11) is 0. The number of hydrogen-bond donors (Lipinski definition) is 3. The second-order valence-corrected chi connectivity index (χ2v) is 2.57. The van der Waals surface area contributed by atoms with Gasteiger partial charge in [0.2, 0.25) is 0 Å². The van der Waals surface area contributed by atoms with Gasteiger partial charge in [0.25, 0.3) is 0 Å². The quantitative estimate of drug-likeness (QED) is 0.156. The molecule has 0 aromatic carbocycles. The van der Waals surface area contributed by atoms with Crippen LogP contribution >= 0.6 is 0 Å². The Bertz CT molecular complexity index is 215. The molecule has 0 aliphatic rings. The van der Waals surface area contributed by atoms with Gasteiger partial charge in [-0.1, -0.05) is 11.2 Å². The lowest BCUT2D eigenvalue weighted by Crippen LogP contribution is -2.42. The van der Waals surface area contributed by atoms with E-state index in [1.807, 2.05) is 0 Å². The summed E-state index contributed by atoms with van der Waals surface area (Å²) in [5.74, 6) is -2.83. The van der Waals surface area contributed by atoms with Crippen LogP contribution in [0, 0.1) is 5.92 Å². The molecule has 0 spiro atoms. The highest BCUT2D eigenvalue weighted by Gasteiger charge is 2.42. The van der Waals surface area contributed by atoms with Crippen LogP contribution in [0.1, 0.15) is 0 Å². The number of nitrogens with zero attached hydrogens (tertiary/aromatic N) is 1. The highest BCUT2D eigenvalue weighted by atomic mass is 19.4. The predicted molar refractivity (Wildman–Crippen MR) is 46.0 cm³/mol. The smallest absolute Gasteiger partial charge is 0.400 e. The fourth-order valence-corrected chi connectivity index (χ4v) is 0.787. The molecule has 0 aliphatic heterocycles. The Morgan fingerprint density at radius 2 is 2.21 bits per heavy atom. The first-order valence-corrected chi connectivity index (χ1v) is 3.79. The van der Waals surface area contributed by atoms with E-state index in [-0.39, 0.29) is 6.54 Å². The predicted octanol–water partition coefficient (Wildman–Crippen LogP) is 0.687. The van der Waals surface area contributed by atoms with E-state index in [0.29, 0.717) is 0 Å². The molecule has 4 nitrogen and oxygen atoms in total. The van der Waals surface area contributed by atoms with Crippen LogP contribution in [0.4, 0.5) is 13.2 Å². The largest absolute Gasteiger partial charge is 0.409 e. The minimum atomic E-state index is -4.52. The van der Waals surface area contributed by atoms with E-state index in [1.54, 1.807) is 0 Å². The van der Waals surface area contributed by atoms with E-state index in [4.69, 9.17) is 10.9 Å². The Morgan fingerprint density at radius 1 is 1.64 bits per heavy atom. The van der Waals surface area contributed by atoms with Gasteiger partial charge in [0, 0.05) is 13.1 Å². The molecule has 0 aliphatic carbocycles. The van der Waals surface area contributed by atoms with Gasteiger partial charge in [0.1, 0.15) is 5.92 Å². The van der Waals surface area contributed by atoms with Crippen molar-refractivity contribution in [2.24, 2.45) is 16.8 Å². The van der Waals surface area contributed by atoms with Crippen LogP contribution in [0.25, 0.3) is 0 Å². The number of rotatable bonds is 5. The summed E-state index contributed by atoms with van der Waals surface area (Å²) in [6, 6.07) is 0. The van der Waals surface area contributed by atoms with Gasteiger partial charge in [-0.25, -0.2) is 0 Å². The van der Waals surface area contributed by atoms with Crippen LogP contribution in [-0.2, 0) is 0 Å². The van der Waals surface area contributed by atoms with E-state index in [1.165, 1.54) is 6.08 Å². The molecule has 7 heteroatoms. The molecule has 0 fully saturated rings. The number of oxime groups is 1. The third-order valence-electron chi connectivity index (χ3n) is 1.50. The number of alkyl halides is 3. The maximum absolute atomic E-state index is 12.2. The number of nitrogens with two attached hydrogens (primary N) is 1. The average molecular weight is 211 g/mol. The van der Waals surface area contributed by atoms with Gasteiger partial charge in [-0.2, -0.15) is 13.2 Å². The normalized spacial score (nSPS) is 15.2. The van der Waals surface area contributed by atoms with Gasteiger partial charge in [-0.05, 0) is 0 Å². The molecule has 0 bridgehead atoms. The lowest BCUT2D eigenvalue weighted by molar-refractivity contribution is -0.154. The lowest BCUT2D eigenvalue weighted by Gasteiger charge is -2.18. The third kappa shape index (κ3) is 4.13. The SMILES string of the molecule is C=CCNCC(/C(N)=N\O)C(F)(F)F. The standard InChI is InChI=1S/C7H12F3N3O/c1-2-3-12-4-5(6(11)13-14)7(8,9)10/h2,5,12,14H,1,3-4H2,(H2,11,13). The monoisotopic (exact) mass is 211 g/mol. The van der Waals surface area contributed by atoms with Gasteiger partial charge >= 0.3 is 6.18 Å². The average Bonchev–Trinajstić information content (AvgIpc) is 2.09. The van der Waals surface area contributed by atoms with Crippen LogP contribution in [0.5, 0.6) is 0 Å². The molecule has 0 aromatic heterocycles. The number of hydrogen-bond acceptors (Lipinski definition) is 3. The molecule has 0 rings (SSSR count). The van der Waals surface area contributed by atoms with E-state index >= 15 is 0 Å². The Kier molecular flexibility index (Phi) is 5.00. The molecule has 0 amide bonds. The number of nitrogens with one attached hydrogen (secondary N) is 1. The number of halogens is 3. The highest BCUT2D eigenvalue weighted by Crippen LogP contribution is 2.25. The Labute approximate surface area is 79.3 Å². The minimum Gasteiger partial charge on any atom is -0.409 e. The summed E-state index contributed by atoms with van der Waals surface area (Å²) in [6.07, 6.45) is -3.11. The van der Waals surface area contributed by atoms with E-state index in [0.717, 1.165) is 0 Å². The maximum Gasteiger partial charge on any atom is 0.400 e. The van der Waals surface area contributed by atoms with Crippen molar-refractivity contribution >= 4 is 5.84 Å². The zero-order valence-electron chi connectivity index (χ0n) is 7.38. The molecular formula is C7H12F3N3O. The first-order valence-electron chi connectivity index (χ1n) is 3.79. The van der Waals surface area contributed by atoms with Gasteiger partial charge in [0.05, 0.1) is 0 Å². The fourth-order valence-electron chi connectivity index (χ4n) is 0.787. The zero-order valence-corrected chi connectivity index (χ0v) is 7.38. The van der Waals surface area contributed by atoms with Crippen molar-refractivity contribution in [3.8, 4) is 0 Å². The molecule has 4 N–H and O–H groups in total. The summed E-state index contributed by atoms with van der Waals surface area (Å²) >= 11 is 0.